The fraction of sp³-hybridized carbons (Fsp3) is 0.533. The van der Waals surface area contributed by atoms with E-state index in [-0.39, 0.29) is 22.9 Å². The Bertz CT molecular complexity index is 1370. The standard InChI is InChI=1S/C30H39N5O3/c1-20-14-16-24(34(20)23-10-6-4-3-5-7-11-23)18-21(2)35-26-13-9-8-12-25(26)33-28(30(35)38)29(37)32-22-15-17-27(36)31-19-22/h8-9,12-13,15,17,19-21,23-24H,3-7,10-11,14,16,18H2,1-2H3,(H,31,36)(H,32,37)/t20?,21-,24-/m0/s1. The molecule has 3 atom stereocenters. The number of benzene rings is 1. The number of pyridine rings is 1. The van der Waals surface area contributed by atoms with Crippen molar-refractivity contribution in [3.63, 3.8) is 0 Å². The number of para-hydroxylation sites is 2. The topological polar surface area (TPSA) is 100 Å². The summed E-state index contributed by atoms with van der Waals surface area (Å²) in [7, 11) is 0. The fourth-order valence-electron chi connectivity index (χ4n) is 6.64. The van der Waals surface area contributed by atoms with Gasteiger partial charge in [0.25, 0.3) is 11.5 Å². The Labute approximate surface area is 223 Å². The molecular weight excluding hydrogens is 478 g/mol. The number of fused-ring (bicyclic) bond motifs is 1. The summed E-state index contributed by atoms with van der Waals surface area (Å²) in [4.78, 5) is 48.1. The number of amides is 1. The van der Waals surface area contributed by atoms with Crippen molar-refractivity contribution in [1.82, 2.24) is 19.4 Å². The van der Waals surface area contributed by atoms with Crippen LogP contribution in [0.25, 0.3) is 11.0 Å². The zero-order valence-corrected chi connectivity index (χ0v) is 22.5. The van der Waals surface area contributed by atoms with Gasteiger partial charge in [-0.25, -0.2) is 4.98 Å². The first-order valence-corrected chi connectivity index (χ1v) is 14.2. The van der Waals surface area contributed by atoms with Gasteiger partial charge in [-0.1, -0.05) is 44.2 Å². The number of hydrogen-bond acceptors (Lipinski definition) is 5. The van der Waals surface area contributed by atoms with Crippen LogP contribution in [0.3, 0.4) is 0 Å². The number of rotatable bonds is 6. The van der Waals surface area contributed by atoms with Crippen molar-refractivity contribution in [3.05, 3.63) is 69.0 Å². The van der Waals surface area contributed by atoms with Crippen molar-refractivity contribution < 1.29 is 4.79 Å². The summed E-state index contributed by atoms with van der Waals surface area (Å²) in [6, 6.07) is 11.9. The number of nitrogens with one attached hydrogen (secondary N) is 2. The molecule has 1 amide bonds. The molecule has 3 heterocycles. The van der Waals surface area contributed by atoms with Crippen LogP contribution in [0.2, 0.25) is 0 Å². The molecule has 1 saturated carbocycles. The second-order valence-corrected chi connectivity index (χ2v) is 11.1. The highest BCUT2D eigenvalue weighted by atomic mass is 16.2. The largest absolute Gasteiger partial charge is 0.327 e. The first kappa shape index (κ1) is 26.4. The zero-order valence-electron chi connectivity index (χ0n) is 22.5. The summed E-state index contributed by atoms with van der Waals surface area (Å²) in [6.45, 7) is 4.45. The maximum absolute atomic E-state index is 13.8. The predicted octanol–water partition coefficient (Wildman–Crippen LogP) is 5.25. The molecule has 202 valence electrons. The van der Waals surface area contributed by atoms with Crippen molar-refractivity contribution in [2.75, 3.05) is 5.32 Å². The molecule has 1 aliphatic heterocycles. The van der Waals surface area contributed by atoms with Crippen LogP contribution >= 0.6 is 0 Å². The third-order valence-corrected chi connectivity index (χ3v) is 8.45. The summed E-state index contributed by atoms with van der Waals surface area (Å²) in [5.74, 6) is -0.584. The van der Waals surface area contributed by atoms with Crippen LogP contribution in [0.15, 0.2) is 52.2 Å². The van der Waals surface area contributed by atoms with E-state index in [0.29, 0.717) is 29.3 Å². The third kappa shape index (κ3) is 5.60. The molecule has 2 N–H and O–H groups in total. The van der Waals surface area contributed by atoms with Gasteiger partial charge in [0, 0.05) is 36.4 Å². The summed E-state index contributed by atoms with van der Waals surface area (Å²) >= 11 is 0. The van der Waals surface area contributed by atoms with Gasteiger partial charge in [-0.2, -0.15) is 0 Å². The first-order chi connectivity index (χ1) is 18.4. The lowest BCUT2D eigenvalue weighted by molar-refractivity contribution is 0.101. The molecule has 1 saturated heterocycles. The highest BCUT2D eigenvalue weighted by molar-refractivity contribution is 6.03. The van der Waals surface area contributed by atoms with Crippen molar-refractivity contribution in [2.24, 2.45) is 0 Å². The molecular formula is C30H39N5O3. The number of carbonyl (C=O) groups is 1. The molecule has 2 aliphatic rings. The number of H-pyrrole nitrogens is 1. The van der Waals surface area contributed by atoms with Gasteiger partial charge in [0.1, 0.15) is 0 Å². The third-order valence-electron chi connectivity index (χ3n) is 8.45. The average Bonchev–Trinajstić information content (AvgIpc) is 3.24. The lowest BCUT2D eigenvalue weighted by Gasteiger charge is -2.38. The second-order valence-electron chi connectivity index (χ2n) is 11.1. The van der Waals surface area contributed by atoms with Gasteiger partial charge >= 0.3 is 0 Å². The quantitative estimate of drug-likeness (QED) is 0.465. The first-order valence-electron chi connectivity index (χ1n) is 14.2. The molecule has 2 fully saturated rings. The van der Waals surface area contributed by atoms with E-state index in [1.54, 1.807) is 4.57 Å². The Balaban J connectivity index is 1.44. The molecule has 8 heteroatoms. The van der Waals surface area contributed by atoms with E-state index in [9.17, 15) is 14.4 Å². The van der Waals surface area contributed by atoms with Crippen LogP contribution in [0.1, 0.15) is 94.6 Å². The van der Waals surface area contributed by atoms with E-state index in [1.807, 2.05) is 24.3 Å². The summed E-state index contributed by atoms with van der Waals surface area (Å²) in [6.07, 6.45) is 13.8. The van der Waals surface area contributed by atoms with Crippen LogP contribution < -0.4 is 16.4 Å². The van der Waals surface area contributed by atoms with Crippen LogP contribution in [-0.4, -0.2) is 43.5 Å². The number of anilines is 1. The Morgan fingerprint density at radius 1 is 1.03 bits per heavy atom. The van der Waals surface area contributed by atoms with Gasteiger partial charge in [0.15, 0.2) is 5.69 Å². The van der Waals surface area contributed by atoms with Crippen molar-refractivity contribution >= 4 is 22.6 Å². The van der Waals surface area contributed by atoms with Crippen LogP contribution in [0.5, 0.6) is 0 Å². The maximum Gasteiger partial charge on any atom is 0.282 e. The number of carbonyl (C=O) groups excluding carboxylic acids is 1. The normalized spacial score (nSPS) is 22.2. The number of aromatic amines is 1. The lowest BCUT2D eigenvalue weighted by atomic mass is 9.94. The van der Waals surface area contributed by atoms with E-state index < -0.39 is 5.91 Å². The van der Waals surface area contributed by atoms with Gasteiger partial charge < -0.3 is 14.9 Å². The van der Waals surface area contributed by atoms with Crippen LogP contribution in [0.4, 0.5) is 5.69 Å². The highest BCUT2D eigenvalue weighted by Gasteiger charge is 2.36. The number of hydrogen-bond donors (Lipinski definition) is 2. The number of aromatic nitrogens is 3. The monoisotopic (exact) mass is 517 g/mol. The number of nitrogens with zero attached hydrogens (tertiary/aromatic N) is 3. The molecule has 2 aromatic heterocycles. The van der Waals surface area contributed by atoms with E-state index in [0.717, 1.165) is 18.4 Å². The summed E-state index contributed by atoms with van der Waals surface area (Å²) in [5.41, 5.74) is 0.965. The molecule has 5 rings (SSSR count). The lowest BCUT2D eigenvalue weighted by Crippen LogP contribution is -2.44. The van der Waals surface area contributed by atoms with Gasteiger partial charge in [0.2, 0.25) is 5.56 Å². The predicted molar refractivity (Wildman–Crippen MR) is 151 cm³/mol. The smallest absolute Gasteiger partial charge is 0.282 e. The Kier molecular flexibility index (Phi) is 8.07. The summed E-state index contributed by atoms with van der Waals surface area (Å²) in [5, 5.41) is 2.70. The minimum atomic E-state index is -0.584. The summed E-state index contributed by atoms with van der Waals surface area (Å²) < 4.78 is 1.77. The van der Waals surface area contributed by atoms with E-state index in [2.05, 4.69) is 34.0 Å². The number of likely N-dealkylation sites (tertiary alicyclic amines) is 1. The van der Waals surface area contributed by atoms with E-state index >= 15 is 0 Å². The fourth-order valence-corrected chi connectivity index (χ4v) is 6.64. The molecule has 8 nitrogen and oxygen atoms in total. The highest BCUT2D eigenvalue weighted by Crippen LogP contribution is 2.35. The minimum absolute atomic E-state index is 0.0959. The van der Waals surface area contributed by atoms with Crippen LogP contribution in [-0.2, 0) is 0 Å². The Morgan fingerprint density at radius 2 is 1.76 bits per heavy atom. The molecule has 1 aliphatic carbocycles. The van der Waals surface area contributed by atoms with E-state index in [1.165, 1.54) is 69.7 Å². The van der Waals surface area contributed by atoms with Crippen molar-refractivity contribution in [1.29, 1.82) is 0 Å². The average molecular weight is 518 g/mol. The van der Waals surface area contributed by atoms with Crippen molar-refractivity contribution in [3.8, 4) is 0 Å². The SMILES string of the molecule is CC1CC[C@@H](C[C@H](C)n2c(=O)c(C(=O)Nc3ccc(=O)[nH]c3)nc3ccccc32)N1C1CCCCCCC1. The molecule has 1 aromatic carbocycles. The van der Waals surface area contributed by atoms with Gasteiger partial charge in [0.05, 0.1) is 16.7 Å². The molecule has 0 spiro atoms. The molecule has 3 aromatic rings. The molecule has 0 radical (unpaired) electrons. The molecule has 0 bridgehead atoms. The zero-order chi connectivity index (χ0) is 26.6. The van der Waals surface area contributed by atoms with Crippen LogP contribution in [0, 0.1) is 0 Å². The molecule has 38 heavy (non-hydrogen) atoms. The van der Waals surface area contributed by atoms with Crippen molar-refractivity contribution in [2.45, 2.75) is 102 Å². The Hall–Kier alpha value is -3.26. The Morgan fingerprint density at radius 3 is 2.50 bits per heavy atom. The van der Waals surface area contributed by atoms with Gasteiger partial charge in [-0.15, -0.1) is 0 Å². The molecule has 1 unspecified atom stereocenters. The second kappa shape index (κ2) is 11.6. The van der Waals surface area contributed by atoms with Gasteiger partial charge in [-0.3, -0.25) is 19.3 Å². The minimum Gasteiger partial charge on any atom is -0.327 e. The van der Waals surface area contributed by atoms with E-state index in [4.69, 9.17) is 0 Å². The maximum atomic E-state index is 13.8. The van der Waals surface area contributed by atoms with Gasteiger partial charge in [-0.05, 0) is 64.2 Å².